The van der Waals surface area contributed by atoms with Gasteiger partial charge in [-0.1, -0.05) is 25.5 Å². The van der Waals surface area contributed by atoms with Crippen LogP contribution in [0.4, 0.5) is 0 Å². The number of rotatable bonds is 9. The molecule has 0 saturated heterocycles. The minimum Gasteiger partial charge on any atom is -0.496 e. The van der Waals surface area contributed by atoms with Crippen molar-refractivity contribution >= 4 is 45.8 Å². The lowest BCUT2D eigenvalue weighted by Gasteiger charge is -2.11. The van der Waals surface area contributed by atoms with Gasteiger partial charge in [0.1, 0.15) is 18.1 Å². The van der Waals surface area contributed by atoms with Crippen LogP contribution in [0.3, 0.4) is 0 Å². The van der Waals surface area contributed by atoms with Crippen LogP contribution >= 0.6 is 33.9 Å². The van der Waals surface area contributed by atoms with Crippen LogP contribution in [0.1, 0.15) is 39.0 Å². The molecular formula is C24H23IO3S. The number of ether oxygens (including phenoxy) is 2. The summed E-state index contributed by atoms with van der Waals surface area (Å²) in [6.07, 6.45) is 5.58. The number of ketones is 1. The van der Waals surface area contributed by atoms with Gasteiger partial charge < -0.3 is 9.47 Å². The van der Waals surface area contributed by atoms with E-state index in [1.165, 1.54) is 4.88 Å². The topological polar surface area (TPSA) is 35.5 Å². The maximum atomic E-state index is 12.5. The van der Waals surface area contributed by atoms with Gasteiger partial charge in [0.05, 0.1) is 12.0 Å². The Bertz CT molecular complexity index is 990. The third-order valence-electron chi connectivity index (χ3n) is 4.34. The first kappa shape index (κ1) is 21.6. The largest absolute Gasteiger partial charge is 0.496 e. The molecule has 0 bridgehead atoms. The molecule has 1 aromatic heterocycles. The standard InChI is InChI=1S/C24H23IO3S/c1-3-4-21-11-14-24(29-21)22(26)12-5-17-6-13-23(27-2)18(15-17)16-28-20-9-7-19(25)8-10-20/h5-15H,3-4,16H2,1-2H3/b12-5+. The first-order valence-electron chi connectivity index (χ1n) is 9.45. The molecule has 0 saturated carbocycles. The van der Waals surface area contributed by atoms with Crippen LogP contribution in [-0.2, 0) is 13.0 Å². The summed E-state index contributed by atoms with van der Waals surface area (Å²) in [6, 6.07) is 17.7. The Morgan fingerprint density at radius 2 is 1.90 bits per heavy atom. The molecule has 3 nitrogen and oxygen atoms in total. The summed E-state index contributed by atoms with van der Waals surface area (Å²) < 4.78 is 12.5. The number of benzene rings is 2. The molecule has 29 heavy (non-hydrogen) atoms. The fraction of sp³-hybridized carbons (Fsp3) is 0.208. The van der Waals surface area contributed by atoms with Gasteiger partial charge in [-0.3, -0.25) is 4.79 Å². The first-order valence-corrected chi connectivity index (χ1v) is 11.3. The molecule has 150 valence electrons. The van der Waals surface area contributed by atoms with Crippen molar-refractivity contribution < 1.29 is 14.3 Å². The fourth-order valence-electron chi connectivity index (χ4n) is 2.85. The van der Waals surface area contributed by atoms with E-state index in [9.17, 15) is 4.79 Å². The summed E-state index contributed by atoms with van der Waals surface area (Å²) >= 11 is 3.84. The Morgan fingerprint density at radius 1 is 1.10 bits per heavy atom. The van der Waals surface area contributed by atoms with Crippen LogP contribution in [0.2, 0.25) is 0 Å². The second kappa shape index (κ2) is 10.6. The van der Waals surface area contributed by atoms with Crippen molar-refractivity contribution in [3.63, 3.8) is 0 Å². The van der Waals surface area contributed by atoms with E-state index in [1.54, 1.807) is 24.5 Å². The van der Waals surface area contributed by atoms with Gasteiger partial charge in [-0.15, -0.1) is 11.3 Å². The van der Waals surface area contributed by atoms with Gasteiger partial charge >= 0.3 is 0 Å². The minimum absolute atomic E-state index is 0.0323. The Hall–Kier alpha value is -2.12. The monoisotopic (exact) mass is 518 g/mol. The first-order chi connectivity index (χ1) is 14.1. The van der Waals surface area contributed by atoms with Gasteiger partial charge in [0.25, 0.3) is 0 Å². The molecule has 0 N–H and O–H groups in total. The number of hydrogen-bond acceptors (Lipinski definition) is 4. The Kier molecular flexibility index (Phi) is 7.89. The quantitative estimate of drug-likeness (QED) is 0.178. The van der Waals surface area contributed by atoms with E-state index in [2.05, 4.69) is 29.5 Å². The van der Waals surface area contributed by atoms with Crippen LogP contribution in [0, 0.1) is 3.57 Å². The molecule has 2 aromatic carbocycles. The summed E-state index contributed by atoms with van der Waals surface area (Å²) in [5, 5.41) is 0. The summed E-state index contributed by atoms with van der Waals surface area (Å²) in [6.45, 7) is 2.54. The van der Waals surface area contributed by atoms with Crippen molar-refractivity contribution in [1.82, 2.24) is 0 Å². The van der Waals surface area contributed by atoms with Crippen LogP contribution in [0.25, 0.3) is 6.08 Å². The zero-order chi connectivity index (χ0) is 20.6. The van der Waals surface area contributed by atoms with E-state index in [1.807, 2.05) is 60.7 Å². The van der Waals surface area contributed by atoms with Crippen molar-refractivity contribution in [2.75, 3.05) is 7.11 Å². The smallest absolute Gasteiger partial charge is 0.195 e. The molecule has 0 amide bonds. The zero-order valence-corrected chi connectivity index (χ0v) is 19.5. The van der Waals surface area contributed by atoms with E-state index in [0.717, 1.165) is 43.9 Å². The van der Waals surface area contributed by atoms with Gasteiger partial charge in [-0.2, -0.15) is 0 Å². The SMILES string of the molecule is CCCc1ccc(C(=O)/C=C/c2ccc(OC)c(COc3ccc(I)cc3)c2)s1. The summed E-state index contributed by atoms with van der Waals surface area (Å²) in [5.41, 5.74) is 1.87. The number of carbonyl (C=O) groups is 1. The zero-order valence-electron chi connectivity index (χ0n) is 16.5. The number of methoxy groups -OCH3 is 1. The molecule has 0 aliphatic rings. The summed E-state index contributed by atoms with van der Waals surface area (Å²) in [4.78, 5) is 14.5. The van der Waals surface area contributed by atoms with Crippen LogP contribution in [-0.4, -0.2) is 12.9 Å². The lowest BCUT2D eigenvalue weighted by Crippen LogP contribution is -1.99. The van der Waals surface area contributed by atoms with Crippen molar-refractivity contribution in [2.45, 2.75) is 26.4 Å². The van der Waals surface area contributed by atoms with Crippen molar-refractivity contribution in [1.29, 1.82) is 0 Å². The molecule has 0 aliphatic heterocycles. The highest BCUT2D eigenvalue weighted by Crippen LogP contribution is 2.24. The van der Waals surface area contributed by atoms with Gasteiger partial charge in [0.15, 0.2) is 5.78 Å². The third kappa shape index (κ3) is 6.18. The van der Waals surface area contributed by atoms with Crippen LogP contribution in [0.15, 0.2) is 60.7 Å². The van der Waals surface area contributed by atoms with Crippen molar-refractivity contribution in [3.8, 4) is 11.5 Å². The van der Waals surface area contributed by atoms with E-state index in [0.29, 0.717) is 6.61 Å². The number of halogens is 1. The maximum Gasteiger partial charge on any atom is 0.195 e. The maximum absolute atomic E-state index is 12.5. The molecule has 0 radical (unpaired) electrons. The predicted molar refractivity (Wildman–Crippen MR) is 128 cm³/mol. The van der Waals surface area contributed by atoms with Gasteiger partial charge in [-0.05, 0) is 89.2 Å². The number of allylic oxidation sites excluding steroid dienone is 1. The van der Waals surface area contributed by atoms with Gasteiger partial charge in [0, 0.05) is 14.0 Å². The number of aryl methyl sites for hydroxylation is 1. The van der Waals surface area contributed by atoms with E-state index < -0.39 is 0 Å². The lowest BCUT2D eigenvalue weighted by atomic mass is 10.1. The van der Waals surface area contributed by atoms with Crippen LogP contribution < -0.4 is 9.47 Å². The fourth-order valence-corrected chi connectivity index (χ4v) is 4.24. The normalized spacial score (nSPS) is 11.0. The third-order valence-corrected chi connectivity index (χ3v) is 6.22. The summed E-state index contributed by atoms with van der Waals surface area (Å²) in [7, 11) is 1.65. The van der Waals surface area contributed by atoms with E-state index in [4.69, 9.17) is 9.47 Å². The molecule has 3 aromatic rings. The molecule has 0 fully saturated rings. The highest BCUT2D eigenvalue weighted by molar-refractivity contribution is 14.1. The Morgan fingerprint density at radius 3 is 2.62 bits per heavy atom. The number of carbonyl (C=O) groups excluding carboxylic acids is 1. The lowest BCUT2D eigenvalue weighted by molar-refractivity contribution is 0.105. The number of hydrogen-bond donors (Lipinski definition) is 0. The predicted octanol–water partition coefficient (Wildman–Crippen LogP) is 6.79. The van der Waals surface area contributed by atoms with E-state index in [-0.39, 0.29) is 5.78 Å². The molecular weight excluding hydrogens is 495 g/mol. The van der Waals surface area contributed by atoms with Crippen molar-refractivity contribution in [2.24, 2.45) is 0 Å². The summed E-state index contributed by atoms with van der Waals surface area (Å²) in [5.74, 6) is 1.61. The Labute approximate surface area is 189 Å². The second-order valence-electron chi connectivity index (χ2n) is 6.53. The molecule has 5 heteroatoms. The highest BCUT2D eigenvalue weighted by Gasteiger charge is 2.08. The van der Waals surface area contributed by atoms with Gasteiger partial charge in [-0.25, -0.2) is 0 Å². The molecule has 0 aliphatic carbocycles. The van der Waals surface area contributed by atoms with Crippen molar-refractivity contribution in [3.05, 3.63) is 85.1 Å². The highest BCUT2D eigenvalue weighted by atomic mass is 127. The Balaban J connectivity index is 1.70. The van der Waals surface area contributed by atoms with E-state index >= 15 is 0 Å². The average molecular weight is 518 g/mol. The molecule has 3 rings (SSSR count). The molecule has 1 heterocycles. The molecule has 0 atom stereocenters. The average Bonchev–Trinajstić information content (AvgIpc) is 3.20. The molecule has 0 spiro atoms. The minimum atomic E-state index is 0.0323. The molecule has 0 unspecified atom stereocenters. The van der Waals surface area contributed by atoms with Gasteiger partial charge in [0.2, 0.25) is 0 Å². The number of thiophene rings is 1. The van der Waals surface area contributed by atoms with Crippen LogP contribution in [0.5, 0.6) is 11.5 Å². The second-order valence-corrected chi connectivity index (χ2v) is 8.94.